The predicted molar refractivity (Wildman–Crippen MR) is 63.4 cm³/mol. The minimum atomic E-state index is -0.314. The molecule has 2 rings (SSSR count). The van der Waals surface area contributed by atoms with Crippen molar-refractivity contribution in [3.63, 3.8) is 0 Å². The predicted octanol–water partition coefficient (Wildman–Crippen LogP) is 2.66. The van der Waals surface area contributed by atoms with Crippen LogP contribution in [0.25, 0.3) is 5.52 Å². The molecule has 0 bridgehead atoms. The molecule has 0 fully saturated rings. The summed E-state index contributed by atoms with van der Waals surface area (Å²) < 4.78 is 7.66. The number of imidazole rings is 1. The first-order chi connectivity index (χ1) is 7.58. The van der Waals surface area contributed by atoms with Gasteiger partial charge in [0.1, 0.15) is 10.9 Å². The van der Waals surface area contributed by atoms with Crippen LogP contribution in [0.3, 0.4) is 0 Å². The van der Waals surface area contributed by atoms with E-state index >= 15 is 0 Å². The van der Waals surface area contributed by atoms with Crippen LogP contribution in [-0.4, -0.2) is 21.5 Å². The Hall–Kier alpha value is -1.36. The number of carbonyl (C=O) groups excluding carboxylic acids is 1. The van der Waals surface area contributed by atoms with Gasteiger partial charge in [-0.05, 0) is 41.9 Å². The van der Waals surface area contributed by atoms with Crippen LogP contribution in [0.5, 0.6) is 0 Å². The Balaban J connectivity index is 2.38. The van der Waals surface area contributed by atoms with Crippen LogP contribution >= 0.6 is 15.9 Å². The smallest absolute Gasteiger partial charge is 0.338 e. The van der Waals surface area contributed by atoms with Gasteiger partial charge in [-0.3, -0.25) is 0 Å². The fraction of sp³-hybridized carbons (Fsp3) is 0.273. The highest BCUT2D eigenvalue weighted by molar-refractivity contribution is 9.10. The lowest BCUT2D eigenvalue weighted by atomic mass is 10.2. The third-order valence-corrected chi connectivity index (χ3v) is 2.68. The molecule has 0 aliphatic carbocycles. The molecule has 0 aromatic carbocycles. The average Bonchev–Trinajstić information content (AvgIpc) is 2.59. The molecule has 84 valence electrons. The van der Waals surface area contributed by atoms with E-state index in [1.807, 2.05) is 18.2 Å². The maximum atomic E-state index is 11.7. The second-order valence-corrected chi connectivity index (χ2v) is 4.45. The van der Waals surface area contributed by atoms with Crippen molar-refractivity contribution in [2.24, 2.45) is 0 Å². The van der Waals surface area contributed by atoms with E-state index in [9.17, 15) is 4.79 Å². The number of pyridine rings is 1. The molecule has 5 heteroatoms. The molecule has 0 amide bonds. The first kappa shape index (κ1) is 11.1. The molecule has 16 heavy (non-hydrogen) atoms. The highest BCUT2D eigenvalue weighted by Gasteiger charge is 2.11. The fourth-order valence-electron chi connectivity index (χ4n) is 1.37. The highest BCUT2D eigenvalue weighted by atomic mass is 79.9. The summed E-state index contributed by atoms with van der Waals surface area (Å²) in [5.41, 5.74) is 1.38. The Labute approximate surface area is 101 Å². The molecule has 2 aromatic rings. The Morgan fingerprint density at radius 1 is 1.56 bits per heavy atom. The summed E-state index contributed by atoms with van der Waals surface area (Å²) in [7, 11) is 0. The van der Waals surface area contributed by atoms with Crippen molar-refractivity contribution in [1.82, 2.24) is 9.38 Å². The van der Waals surface area contributed by atoms with E-state index in [1.165, 1.54) is 0 Å². The quantitative estimate of drug-likeness (QED) is 0.796. The molecule has 2 heterocycles. The number of nitrogens with zero attached hydrogens (tertiary/aromatic N) is 2. The van der Waals surface area contributed by atoms with Crippen molar-refractivity contribution < 1.29 is 9.53 Å². The van der Waals surface area contributed by atoms with E-state index in [0.717, 1.165) is 5.52 Å². The molecule has 0 atom stereocenters. The van der Waals surface area contributed by atoms with Crippen molar-refractivity contribution >= 4 is 27.4 Å². The molecule has 0 saturated carbocycles. The van der Waals surface area contributed by atoms with Crippen LogP contribution in [0.15, 0.2) is 29.3 Å². The van der Waals surface area contributed by atoms with Gasteiger partial charge in [0.2, 0.25) is 0 Å². The summed E-state index contributed by atoms with van der Waals surface area (Å²) >= 11 is 3.32. The number of esters is 1. The number of fused-ring (bicyclic) bond motifs is 1. The topological polar surface area (TPSA) is 43.6 Å². The molecule has 0 unspecified atom stereocenters. The number of halogens is 1. The van der Waals surface area contributed by atoms with Gasteiger partial charge in [-0.1, -0.05) is 0 Å². The van der Waals surface area contributed by atoms with Crippen LogP contribution in [0.2, 0.25) is 0 Å². The van der Waals surface area contributed by atoms with Gasteiger partial charge in [-0.2, -0.15) is 0 Å². The molecule has 4 nitrogen and oxygen atoms in total. The molecule has 0 spiro atoms. The van der Waals surface area contributed by atoms with Gasteiger partial charge in [0.15, 0.2) is 0 Å². The van der Waals surface area contributed by atoms with Crippen LogP contribution in [0.4, 0.5) is 0 Å². The Kier molecular flexibility index (Phi) is 2.96. The lowest BCUT2D eigenvalue weighted by Gasteiger charge is -2.07. The molecular formula is C11H11BrN2O2. The van der Waals surface area contributed by atoms with Gasteiger partial charge in [0, 0.05) is 6.20 Å². The SMILES string of the molecule is CC(C)OC(=O)c1ccn2cnc(Br)c2c1. The van der Waals surface area contributed by atoms with E-state index in [-0.39, 0.29) is 12.1 Å². The van der Waals surface area contributed by atoms with Gasteiger partial charge < -0.3 is 9.14 Å². The normalized spacial score (nSPS) is 11.0. The van der Waals surface area contributed by atoms with Crippen molar-refractivity contribution in [2.45, 2.75) is 20.0 Å². The summed E-state index contributed by atoms with van der Waals surface area (Å²) in [6.45, 7) is 3.65. The van der Waals surface area contributed by atoms with Crippen LogP contribution < -0.4 is 0 Å². The number of hydrogen-bond acceptors (Lipinski definition) is 3. The maximum Gasteiger partial charge on any atom is 0.338 e. The first-order valence-electron chi connectivity index (χ1n) is 4.91. The molecule has 0 radical (unpaired) electrons. The van der Waals surface area contributed by atoms with Crippen LogP contribution in [0.1, 0.15) is 24.2 Å². The summed E-state index contributed by atoms with van der Waals surface area (Å²) in [6.07, 6.45) is 3.35. The first-order valence-corrected chi connectivity index (χ1v) is 5.70. The van der Waals surface area contributed by atoms with Gasteiger partial charge >= 0.3 is 5.97 Å². The lowest BCUT2D eigenvalue weighted by Crippen LogP contribution is -2.11. The highest BCUT2D eigenvalue weighted by Crippen LogP contribution is 2.17. The number of rotatable bonds is 2. The Bertz CT molecular complexity index is 534. The van der Waals surface area contributed by atoms with E-state index in [2.05, 4.69) is 20.9 Å². The van der Waals surface area contributed by atoms with E-state index in [1.54, 1.807) is 24.7 Å². The van der Waals surface area contributed by atoms with Crippen molar-refractivity contribution in [1.29, 1.82) is 0 Å². The molecule has 0 N–H and O–H groups in total. The van der Waals surface area contributed by atoms with Gasteiger partial charge in [-0.15, -0.1) is 0 Å². The third-order valence-electron chi connectivity index (χ3n) is 2.07. The molecule has 0 saturated heterocycles. The number of carbonyl (C=O) groups is 1. The van der Waals surface area contributed by atoms with Gasteiger partial charge in [-0.25, -0.2) is 9.78 Å². The van der Waals surface area contributed by atoms with E-state index < -0.39 is 0 Å². The standard InChI is InChI=1S/C11H11BrN2O2/c1-7(2)16-11(15)8-3-4-14-6-13-10(12)9(14)5-8/h3-7H,1-2H3. The lowest BCUT2D eigenvalue weighted by molar-refractivity contribution is 0.0378. The zero-order valence-electron chi connectivity index (χ0n) is 8.98. The minimum Gasteiger partial charge on any atom is -0.459 e. The zero-order valence-corrected chi connectivity index (χ0v) is 10.6. The molecule has 2 aromatic heterocycles. The zero-order chi connectivity index (χ0) is 11.7. The second kappa shape index (κ2) is 4.25. The number of ether oxygens (including phenoxy) is 1. The molecular weight excluding hydrogens is 272 g/mol. The second-order valence-electron chi connectivity index (χ2n) is 3.70. The summed E-state index contributed by atoms with van der Waals surface area (Å²) in [6, 6.07) is 3.47. The molecule has 0 aliphatic heterocycles. The third kappa shape index (κ3) is 2.09. The van der Waals surface area contributed by atoms with Gasteiger partial charge in [0.05, 0.1) is 17.2 Å². The average molecular weight is 283 g/mol. The van der Waals surface area contributed by atoms with Crippen LogP contribution in [0, 0.1) is 0 Å². The summed E-state index contributed by atoms with van der Waals surface area (Å²) in [4.78, 5) is 15.7. The van der Waals surface area contributed by atoms with Gasteiger partial charge in [0.25, 0.3) is 0 Å². The monoisotopic (exact) mass is 282 g/mol. The number of aromatic nitrogens is 2. The van der Waals surface area contributed by atoms with E-state index in [0.29, 0.717) is 10.2 Å². The van der Waals surface area contributed by atoms with Crippen molar-refractivity contribution in [3.8, 4) is 0 Å². The summed E-state index contributed by atoms with van der Waals surface area (Å²) in [5.74, 6) is -0.314. The fourth-order valence-corrected chi connectivity index (χ4v) is 1.78. The largest absolute Gasteiger partial charge is 0.459 e. The van der Waals surface area contributed by atoms with Crippen molar-refractivity contribution in [2.75, 3.05) is 0 Å². The van der Waals surface area contributed by atoms with E-state index in [4.69, 9.17) is 4.74 Å². The maximum absolute atomic E-state index is 11.7. The van der Waals surface area contributed by atoms with Crippen molar-refractivity contribution in [3.05, 3.63) is 34.8 Å². The minimum absolute atomic E-state index is 0.114. The molecule has 0 aliphatic rings. The Morgan fingerprint density at radius 2 is 2.31 bits per heavy atom. The Morgan fingerprint density at radius 3 is 3.00 bits per heavy atom. The van der Waals surface area contributed by atoms with Crippen LogP contribution in [-0.2, 0) is 4.74 Å². The summed E-state index contributed by atoms with van der Waals surface area (Å²) in [5, 5.41) is 0. The number of hydrogen-bond donors (Lipinski definition) is 0.